The number of aromatic nitrogens is 2. The van der Waals surface area contributed by atoms with Crippen LogP contribution in [0.2, 0.25) is 0 Å². The molecule has 0 aliphatic rings. The van der Waals surface area contributed by atoms with E-state index in [2.05, 4.69) is 59.1 Å². The summed E-state index contributed by atoms with van der Waals surface area (Å²) in [6.45, 7) is 6.37. The number of benzene rings is 2. The van der Waals surface area contributed by atoms with Crippen molar-refractivity contribution in [3.05, 3.63) is 59.4 Å². The Morgan fingerprint density at radius 3 is 2.64 bits per heavy atom. The number of quaternary nitrogens is 1. The van der Waals surface area contributed by atoms with Gasteiger partial charge < -0.3 is 10.6 Å². The van der Waals surface area contributed by atoms with E-state index in [4.69, 9.17) is 0 Å². The number of nitrogens with one attached hydrogen (secondary N) is 1. The molecule has 3 N–H and O–H groups in total. The van der Waals surface area contributed by atoms with Crippen molar-refractivity contribution in [2.75, 3.05) is 11.9 Å². The van der Waals surface area contributed by atoms with Crippen LogP contribution in [0.3, 0.4) is 0 Å². The Bertz CT molecular complexity index is 908. The molecule has 0 spiro atoms. The summed E-state index contributed by atoms with van der Waals surface area (Å²) in [7, 11) is 1.88. The number of aryl methyl sites for hydroxylation is 2. The molecule has 2 aromatic carbocycles. The first-order chi connectivity index (χ1) is 12.0. The maximum absolute atomic E-state index is 12.3. The summed E-state index contributed by atoms with van der Waals surface area (Å²) in [5.74, 6) is -0.00807. The second-order valence-electron chi connectivity index (χ2n) is 6.51. The van der Waals surface area contributed by atoms with E-state index in [9.17, 15) is 4.79 Å². The van der Waals surface area contributed by atoms with Gasteiger partial charge in [-0.05, 0) is 31.5 Å². The average Bonchev–Trinajstić information content (AvgIpc) is 2.85. The van der Waals surface area contributed by atoms with E-state index in [1.54, 1.807) is 4.68 Å². The van der Waals surface area contributed by atoms with Crippen LogP contribution in [0.4, 0.5) is 5.69 Å². The maximum Gasteiger partial charge on any atom is 0.279 e. The Labute approximate surface area is 148 Å². The van der Waals surface area contributed by atoms with E-state index in [0.29, 0.717) is 6.54 Å². The van der Waals surface area contributed by atoms with Gasteiger partial charge in [-0.1, -0.05) is 42.5 Å². The minimum atomic E-state index is -0.00807. The van der Waals surface area contributed by atoms with Crippen LogP contribution in [-0.4, -0.2) is 22.2 Å². The molecule has 3 rings (SSSR count). The highest BCUT2D eigenvalue weighted by atomic mass is 16.1. The molecule has 0 unspecified atom stereocenters. The molecule has 0 fully saturated rings. The van der Waals surface area contributed by atoms with Gasteiger partial charge in [-0.2, -0.15) is 5.10 Å². The van der Waals surface area contributed by atoms with Crippen LogP contribution in [0.1, 0.15) is 29.9 Å². The molecular weight excluding hydrogens is 312 g/mol. The maximum atomic E-state index is 12.3. The fourth-order valence-corrected chi connectivity index (χ4v) is 3.20. The molecule has 0 radical (unpaired) electrons. The van der Waals surface area contributed by atoms with Gasteiger partial charge in [0.15, 0.2) is 6.54 Å². The van der Waals surface area contributed by atoms with E-state index >= 15 is 0 Å². The largest absolute Gasteiger partial charge is 0.332 e. The van der Waals surface area contributed by atoms with Crippen LogP contribution in [0.5, 0.6) is 0 Å². The minimum Gasteiger partial charge on any atom is -0.332 e. The summed E-state index contributed by atoms with van der Waals surface area (Å²) in [5, 5.41) is 11.9. The molecule has 5 nitrogen and oxygen atoms in total. The van der Waals surface area contributed by atoms with E-state index < -0.39 is 0 Å². The molecule has 0 bridgehead atoms. The first-order valence-corrected chi connectivity index (χ1v) is 8.58. The molecule has 0 saturated carbocycles. The molecule has 1 amide bonds. The van der Waals surface area contributed by atoms with Crippen molar-refractivity contribution in [1.82, 2.24) is 9.78 Å². The highest BCUT2D eigenvalue weighted by Gasteiger charge is 2.16. The van der Waals surface area contributed by atoms with Gasteiger partial charge >= 0.3 is 0 Å². The normalized spacial score (nSPS) is 12.3. The second-order valence-corrected chi connectivity index (χ2v) is 6.51. The van der Waals surface area contributed by atoms with Gasteiger partial charge in [-0.15, -0.1) is 0 Å². The molecule has 0 aliphatic heterocycles. The smallest absolute Gasteiger partial charge is 0.279 e. The van der Waals surface area contributed by atoms with Crippen LogP contribution in [0.15, 0.2) is 42.5 Å². The number of amides is 1. The molecular formula is C20H25N4O+. The standard InChI is InChI=1S/C20H24N4O/c1-13(17-11-7-9-16-8-5-6-10-18(16)17)21-12-19(25)22-20-14(2)23-24(4)15(20)3/h5-11,13,21H,12H2,1-4H3,(H,22,25)/p+1/t13-/m1/s1. The van der Waals surface area contributed by atoms with Crippen LogP contribution in [0.25, 0.3) is 10.8 Å². The molecule has 130 valence electrons. The van der Waals surface area contributed by atoms with Crippen LogP contribution < -0.4 is 10.6 Å². The van der Waals surface area contributed by atoms with Crippen LogP contribution >= 0.6 is 0 Å². The van der Waals surface area contributed by atoms with Gasteiger partial charge in [-0.3, -0.25) is 9.48 Å². The summed E-state index contributed by atoms with van der Waals surface area (Å²) >= 11 is 0. The fraction of sp³-hybridized carbons (Fsp3) is 0.300. The van der Waals surface area contributed by atoms with E-state index in [-0.39, 0.29) is 11.9 Å². The third kappa shape index (κ3) is 3.56. The molecule has 3 aromatic rings. The molecule has 5 heteroatoms. The van der Waals surface area contributed by atoms with Gasteiger partial charge in [0.05, 0.1) is 17.1 Å². The summed E-state index contributed by atoms with van der Waals surface area (Å²) < 4.78 is 1.79. The van der Waals surface area contributed by atoms with Crippen molar-refractivity contribution < 1.29 is 10.1 Å². The van der Waals surface area contributed by atoms with Crippen molar-refractivity contribution in [3.8, 4) is 0 Å². The van der Waals surface area contributed by atoms with Crippen molar-refractivity contribution in [2.45, 2.75) is 26.8 Å². The van der Waals surface area contributed by atoms with Gasteiger partial charge in [0.2, 0.25) is 0 Å². The van der Waals surface area contributed by atoms with Crippen molar-refractivity contribution >= 4 is 22.4 Å². The van der Waals surface area contributed by atoms with Crippen LogP contribution in [-0.2, 0) is 11.8 Å². The first-order valence-electron chi connectivity index (χ1n) is 8.58. The quantitative estimate of drug-likeness (QED) is 0.751. The lowest BCUT2D eigenvalue weighted by Gasteiger charge is -2.14. The number of anilines is 1. The molecule has 1 heterocycles. The zero-order valence-electron chi connectivity index (χ0n) is 15.2. The summed E-state index contributed by atoms with van der Waals surface area (Å²) in [6.07, 6.45) is 0. The molecule has 1 atom stereocenters. The fourth-order valence-electron chi connectivity index (χ4n) is 3.20. The molecule has 0 saturated heterocycles. The van der Waals surface area contributed by atoms with Gasteiger partial charge in [0.1, 0.15) is 6.04 Å². The SMILES string of the molecule is Cc1nn(C)c(C)c1NC(=O)C[NH2+][C@H](C)c1cccc2ccccc12. The molecule has 1 aromatic heterocycles. The second kappa shape index (κ2) is 7.07. The first kappa shape index (κ1) is 17.2. The Hall–Kier alpha value is -2.66. The number of hydrogen-bond acceptors (Lipinski definition) is 2. The van der Waals surface area contributed by atoms with Crippen molar-refractivity contribution in [3.63, 3.8) is 0 Å². The van der Waals surface area contributed by atoms with Crippen molar-refractivity contribution in [1.29, 1.82) is 0 Å². The summed E-state index contributed by atoms with van der Waals surface area (Å²) in [6, 6.07) is 14.9. The van der Waals surface area contributed by atoms with E-state index in [1.807, 2.05) is 27.0 Å². The monoisotopic (exact) mass is 337 g/mol. The lowest BCUT2D eigenvalue weighted by atomic mass is 10.00. The predicted molar refractivity (Wildman–Crippen MR) is 100 cm³/mol. The number of nitrogens with zero attached hydrogens (tertiary/aromatic N) is 2. The lowest BCUT2D eigenvalue weighted by Crippen LogP contribution is -2.86. The van der Waals surface area contributed by atoms with Gasteiger partial charge in [0.25, 0.3) is 5.91 Å². The van der Waals surface area contributed by atoms with Crippen molar-refractivity contribution in [2.24, 2.45) is 7.05 Å². The third-order valence-electron chi connectivity index (χ3n) is 4.74. The Morgan fingerprint density at radius 1 is 1.20 bits per heavy atom. The Morgan fingerprint density at radius 2 is 1.92 bits per heavy atom. The van der Waals surface area contributed by atoms with E-state index in [0.717, 1.165) is 17.1 Å². The van der Waals surface area contributed by atoms with Crippen LogP contribution in [0, 0.1) is 13.8 Å². The van der Waals surface area contributed by atoms with Gasteiger partial charge in [0, 0.05) is 12.6 Å². The number of rotatable bonds is 5. The highest BCUT2D eigenvalue weighted by molar-refractivity contribution is 5.92. The zero-order chi connectivity index (χ0) is 18.0. The summed E-state index contributed by atoms with van der Waals surface area (Å²) in [5.41, 5.74) is 3.88. The van der Waals surface area contributed by atoms with Gasteiger partial charge in [-0.25, -0.2) is 0 Å². The summed E-state index contributed by atoms with van der Waals surface area (Å²) in [4.78, 5) is 12.3. The number of fused-ring (bicyclic) bond motifs is 1. The molecule has 25 heavy (non-hydrogen) atoms. The highest BCUT2D eigenvalue weighted by Crippen LogP contribution is 2.22. The third-order valence-corrected chi connectivity index (χ3v) is 4.74. The minimum absolute atomic E-state index is 0.00807. The number of nitrogens with two attached hydrogens (primary N) is 1. The number of hydrogen-bond donors (Lipinski definition) is 2. The number of carbonyl (C=O) groups excluding carboxylic acids is 1. The average molecular weight is 337 g/mol. The number of carbonyl (C=O) groups is 1. The molecule has 0 aliphatic carbocycles. The topological polar surface area (TPSA) is 63.5 Å². The Kier molecular flexibility index (Phi) is 4.86. The predicted octanol–water partition coefficient (Wildman–Crippen LogP) is 2.45. The zero-order valence-corrected chi connectivity index (χ0v) is 15.2. The Balaban J connectivity index is 1.67. The van der Waals surface area contributed by atoms with E-state index in [1.165, 1.54) is 16.3 Å². The lowest BCUT2D eigenvalue weighted by molar-refractivity contribution is -0.682.